The molecule has 0 radical (unpaired) electrons. The van der Waals surface area contributed by atoms with E-state index in [2.05, 4.69) is 103 Å². The molecular formula is C20H47P3S3. The van der Waals surface area contributed by atoms with E-state index in [0.717, 1.165) is 5.90 Å². The lowest BCUT2D eigenvalue weighted by Gasteiger charge is -2.49. The van der Waals surface area contributed by atoms with E-state index >= 15 is 0 Å². The van der Waals surface area contributed by atoms with E-state index in [0.29, 0.717) is 5.16 Å². The van der Waals surface area contributed by atoms with Crippen LogP contribution in [0.2, 0.25) is 0 Å². The average molecular weight is 477 g/mol. The van der Waals surface area contributed by atoms with Crippen LogP contribution in [0.5, 0.6) is 0 Å². The molecular weight excluding hydrogens is 429 g/mol. The SMILES string of the molecule is CC(C)(C)P(C)(=S)CP(=S)(C(C)(C)C)C(C)(C)C.CC(C)(C)P(C)(C)=S. The summed E-state index contributed by atoms with van der Waals surface area (Å²) < 4.78 is 0. The highest BCUT2D eigenvalue weighted by Gasteiger charge is 2.45. The van der Waals surface area contributed by atoms with E-state index in [1.54, 1.807) is 0 Å². The molecule has 160 valence electrons. The van der Waals surface area contributed by atoms with Crippen molar-refractivity contribution >= 4 is 53.5 Å². The molecule has 0 aromatic carbocycles. The van der Waals surface area contributed by atoms with Crippen LogP contribution in [0.15, 0.2) is 0 Å². The highest BCUT2D eigenvalue weighted by Crippen LogP contribution is 2.75. The van der Waals surface area contributed by atoms with Gasteiger partial charge < -0.3 is 0 Å². The molecule has 0 amide bonds. The van der Waals surface area contributed by atoms with Gasteiger partial charge in [0.25, 0.3) is 0 Å². The summed E-state index contributed by atoms with van der Waals surface area (Å²) in [4.78, 5) is 0. The van der Waals surface area contributed by atoms with E-state index in [9.17, 15) is 0 Å². The van der Waals surface area contributed by atoms with Crippen LogP contribution >= 0.6 is 18.1 Å². The van der Waals surface area contributed by atoms with Crippen LogP contribution in [0, 0.1) is 0 Å². The van der Waals surface area contributed by atoms with Gasteiger partial charge in [0.15, 0.2) is 0 Å². The Morgan fingerprint density at radius 2 is 0.731 bits per heavy atom. The Morgan fingerprint density at radius 3 is 0.846 bits per heavy atom. The Morgan fingerprint density at radius 1 is 0.500 bits per heavy atom. The predicted molar refractivity (Wildman–Crippen MR) is 145 cm³/mol. The van der Waals surface area contributed by atoms with E-state index in [1.165, 1.54) is 0 Å². The molecule has 0 N–H and O–H groups in total. The quantitative estimate of drug-likeness (QED) is 0.367. The molecule has 0 rings (SSSR count). The summed E-state index contributed by atoms with van der Waals surface area (Å²) >= 11 is 17.6. The van der Waals surface area contributed by atoms with E-state index in [4.69, 9.17) is 35.4 Å². The second-order valence-electron chi connectivity index (χ2n) is 12.0. The summed E-state index contributed by atoms with van der Waals surface area (Å²) in [6, 6.07) is -3.95. The number of hydrogen-bond acceptors (Lipinski definition) is 3. The second-order valence-corrected chi connectivity index (χ2v) is 31.9. The maximum atomic E-state index is 6.27. The van der Waals surface area contributed by atoms with Gasteiger partial charge in [-0.25, -0.2) is 0 Å². The average Bonchev–Trinajstić information content (AvgIpc) is 2.21. The molecule has 0 aliphatic carbocycles. The summed E-state index contributed by atoms with van der Waals surface area (Å²) in [7, 11) is 0. The minimum Gasteiger partial charge on any atom is -0.0975 e. The van der Waals surface area contributed by atoms with Crippen molar-refractivity contribution in [1.29, 1.82) is 0 Å². The predicted octanol–water partition coefficient (Wildman–Crippen LogP) is 8.45. The minimum atomic E-state index is -1.53. The zero-order chi connectivity index (χ0) is 22.2. The molecule has 6 heteroatoms. The Bertz CT molecular complexity index is 582. The van der Waals surface area contributed by atoms with Gasteiger partial charge in [0.05, 0.1) is 0 Å². The van der Waals surface area contributed by atoms with Gasteiger partial charge in [0, 0.05) is 5.90 Å². The highest BCUT2D eigenvalue weighted by atomic mass is 32.5. The standard InChI is InChI=1S/C14H32P2S2.C6H15PS/c1-12(2,3)15(10,17)11-16(18,13(4,5)6)14(7,8)9;1-6(2,3)7(4,5)8/h11H2,1-10H3;1-5H3. The largest absolute Gasteiger partial charge is 0.0975 e. The van der Waals surface area contributed by atoms with Gasteiger partial charge in [-0.3, -0.25) is 0 Å². The molecule has 0 aliphatic rings. The summed E-state index contributed by atoms with van der Waals surface area (Å²) in [5.41, 5.74) is 0. The summed E-state index contributed by atoms with van der Waals surface area (Å²) in [6.07, 6.45) is 0. The highest BCUT2D eigenvalue weighted by molar-refractivity contribution is 8.25. The molecule has 1 unspecified atom stereocenters. The maximum Gasteiger partial charge on any atom is 0.00725 e. The molecule has 26 heavy (non-hydrogen) atoms. The van der Waals surface area contributed by atoms with Gasteiger partial charge in [0.1, 0.15) is 0 Å². The zero-order valence-corrected chi connectivity index (χ0v) is 25.4. The lowest BCUT2D eigenvalue weighted by molar-refractivity contribution is 0.705. The van der Waals surface area contributed by atoms with Gasteiger partial charge in [-0.1, -0.05) is 119 Å². The van der Waals surface area contributed by atoms with Crippen LogP contribution in [0.4, 0.5) is 0 Å². The molecule has 0 fully saturated rings. The normalized spacial score (nSPS) is 17.2. The molecule has 0 saturated heterocycles. The van der Waals surface area contributed by atoms with Crippen molar-refractivity contribution < 1.29 is 0 Å². The maximum absolute atomic E-state index is 6.27. The van der Waals surface area contributed by atoms with Gasteiger partial charge in [-0.05, 0) is 58.7 Å². The smallest absolute Gasteiger partial charge is 0.00725 e. The number of hydrogen-bond donors (Lipinski definition) is 0. The van der Waals surface area contributed by atoms with E-state index in [-0.39, 0.29) is 15.5 Å². The van der Waals surface area contributed by atoms with Gasteiger partial charge in [0.2, 0.25) is 0 Å². The first-order valence-corrected chi connectivity index (χ1v) is 19.5. The molecule has 1 atom stereocenters. The van der Waals surface area contributed by atoms with Crippen LogP contribution in [0.3, 0.4) is 0 Å². The minimum absolute atomic E-state index is 0.200. The lowest BCUT2D eigenvalue weighted by atomic mass is 10.2. The van der Waals surface area contributed by atoms with E-state index < -0.39 is 18.1 Å². The monoisotopic (exact) mass is 476 g/mol. The molecule has 0 aliphatic heterocycles. The molecule has 0 aromatic heterocycles. The van der Waals surface area contributed by atoms with Gasteiger partial charge in [-0.15, -0.1) is 0 Å². The third-order valence-electron chi connectivity index (χ3n) is 5.67. The molecule has 0 saturated carbocycles. The fourth-order valence-electron chi connectivity index (χ4n) is 2.02. The third kappa shape index (κ3) is 8.36. The summed E-state index contributed by atoms with van der Waals surface area (Å²) in [5.74, 6) is 1.11. The Labute approximate surface area is 182 Å². The second kappa shape index (κ2) is 8.98. The first-order valence-electron chi connectivity index (χ1n) is 9.42. The van der Waals surface area contributed by atoms with Crippen molar-refractivity contribution in [3.63, 3.8) is 0 Å². The first-order chi connectivity index (χ1) is 10.7. The Balaban J connectivity index is 0. The van der Waals surface area contributed by atoms with Crippen LogP contribution in [0.25, 0.3) is 0 Å². The Kier molecular flexibility index (Phi) is 10.4. The lowest BCUT2D eigenvalue weighted by Crippen LogP contribution is -2.32. The van der Waals surface area contributed by atoms with Crippen molar-refractivity contribution in [2.75, 3.05) is 25.9 Å². The first kappa shape index (κ1) is 30.1. The molecule has 0 spiro atoms. The number of rotatable bonds is 2. The van der Waals surface area contributed by atoms with Crippen molar-refractivity contribution in [3.05, 3.63) is 0 Å². The van der Waals surface area contributed by atoms with Crippen LogP contribution in [-0.2, 0) is 35.4 Å². The summed E-state index contributed by atoms with van der Waals surface area (Å²) in [5, 5.41) is 0.989. The molecule has 0 aromatic rings. The van der Waals surface area contributed by atoms with Crippen LogP contribution < -0.4 is 0 Å². The molecule has 0 heterocycles. The zero-order valence-electron chi connectivity index (χ0n) is 20.3. The fourth-order valence-corrected chi connectivity index (χ4v) is 16.5. The fraction of sp³-hybridized carbons (Fsp3) is 1.00. The Hall–Kier alpha value is 1.95. The molecule has 0 bridgehead atoms. The van der Waals surface area contributed by atoms with Crippen molar-refractivity contribution in [2.45, 2.75) is 104 Å². The van der Waals surface area contributed by atoms with Crippen molar-refractivity contribution in [3.8, 4) is 0 Å². The topological polar surface area (TPSA) is 0 Å². The van der Waals surface area contributed by atoms with Crippen molar-refractivity contribution in [2.24, 2.45) is 0 Å². The van der Waals surface area contributed by atoms with Crippen LogP contribution in [-0.4, -0.2) is 46.5 Å². The molecule has 0 nitrogen and oxygen atoms in total. The van der Waals surface area contributed by atoms with Gasteiger partial charge in [-0.2, -0.15) is 0 Å². The van der Waals surface area contributed by atoms with Crippen LogP contribution in [0.1, 0.15) is 83.1 Å². The summed E-state index contributed by atoms with van der Waals surface area (Å²) in [6.45, 7) is 34.1. The van der Waals surface area contributed by atoms with Crippen molar-refractivity contribution in [1.82, 2.24) is 0 Å². The third-order valence-corrected chi connectivity index (χ3v) is 28.5. The van der Waals surface area contributed by atoms with Gasteiger partial charge >= 0.3 is 0 Å². The van der Waals surface area contributed by atoms with E-state index in [1.807, 2.05) is 0 Å².